The van der Waals surface area contributed by atoms with Crippen molar-refractivity contribution in [3.8, 4) is 5.75 Å². The van der Waals surface area contributed by atoms with E-state index >= 15 is 0 Å². The molecule has 2 nitrogen and oxygen atoms in total. The molecule has 0 amide bonds. The van der Waals surface area contributed by atoms with Gasteiger partial charge in [-0.25, -0.2) is 0 Å². The molecule has 2 rings (SSSR count). The predicted molar refractivity (Wildman–Crippen MR) is 79.5 cm³/mol. The van der Waals surface area contributed by atoms with Gasteiger partial charge in [0.1, 0.15) is 5.75 Å². The van der Waals surface area contributed by atoms with Gasteiger partial charge in [-0.1, -0.05) is 42.5 Å². The number of methoxy groups -OCH3 is 1. The highest BCUT2D eigenvalue weighted by Gasteiger charge is 2.16. The van der Waals surface area contributed by atoms with Crippen molar-refractivity contribution in [2.45, 2.75) is 25.3 Å². The second kappa shape index (κ2) is 6.39. The molecule has 2 N–H and O–H groups in total. The van der Waals surface area contributed by atoms with E-state index in [1.165, 1.54) is 11.1 Å². The molecule has 2 aromatic carbocycles. The van der Waals surface area contributed by atoms with Gasteiger partial charge in [0.2, 0.25) is 0 Å². The summed E-state index contributed by atoms with van der Waals surface area (Å²) < 4.78 is 5.20. The quantitative estimate of drug-likeness (QED) is 0.889. The fourth-order valence-corrected chi connectivity index (χ4v) is 2.33. The molecule has 100 valence electrons. The molecule has 0 aromatic heterocycles. The average Bonchev–Trinajstić information content (AvgIpc) is 2.46. The molecular weight excluding hydrogens is 234 g/mol. The maximum atomic E-state index is 6.16. The molecule has 0 spiro atoms. The minimum absolute atomic E-state index is 0.119. The lowest BCUT2D eigenvalue weighted by Crippen LogP contribution is -2.26. The van der Waals surface area contributed by atoms with Crippen molar-refractivity contribution in [2.24, 2.45) is 5.73 Å². The van der Waals surface area contributed by atoms with E-state index in [1.807, 2.05) is 18.2 Å². The van der Waals surface area contributed by atoms with E-state index in [2.05, 4.69) is 43.3 Å². The lowest BCUT2D eigenvalue weighted by Gasteiger charge is -2.21. The van der Waals surface area contributed by atoms with E-state index in [9.17, 15) is 0 Å². The Kier molecular flexibility index (Phi) is 4.58. The van der Waals surface area contributed by atoms with Crippen LogP contribution in [0.1, 0.15) is 24.0 Å². The summed E-state index contributed by atoms with van der Waals surface area (Å²) in [6.45, 7) is 2.07. The van der Waals surface area contributed by atoms with Crippen LogP contribution in [-0.4, -0.2) is 13.2 Å². The number of nitrogens with two attached hydrogens (primary N) is 1. The van der Waals surface area contributed by atoms with E-state index in [0.29, 0.717) is 5.92 Å². The van der Waals surface area contributed by atoms with Gasteiger partial charge in [-0.3, -0.25) is 0 Å². The third kappa shape index (κ3) is 3.58. The number of ether oxygens (including phenoxy) is 1. The van der Waals surface area contributed by atoms with Crippen molar-refractivity contribution in [1.29, 1.82) is 0 Å². The van der Waals surface area contributed by atoms with E-state index in [0.717, 1.165) is 12.2 Å². The molecule has 0 aliphatic carbocycles. The van der Waals surface area contributed by atoms with Gasteiger partial charge in [0, 0.05) is 12.0 Å². The second-order valence-corrected chi connectivity index (χ2v) is 4.93. The Bertz CT molecular complexity index is 490. The number of hydrogen-bond acceptors (Lipinski definition) is 2. The Morgan fingerprint density at radius 2 is 1.63 bits per heavy atom. The highest BCUT2D eigenvalue weighted by Crippen LogP contribution is 2.25. The van der Waals surface area contributed by atoms with Crippen LogP contribution in [0, 0.1) is 0 Å². The topological polar surface area (TPSA) is 35.2 Å². The second-order valence-electron chi connectivity index (χ2n) is 4.93. The summed E-state index contributed by atoms with van der Waals surface area (Å²) in [5, 5.41) is 0. The molecule has 2 heteroatoms. The minimum atomic E-state index is 0.119. The van der Waals surface area contributed by atoms with Gasteiger partial charge in [0.05, 0.1) is 7.11 Å². The molecule has 0 aliphatic heterocycles. The predicted octanol–water partition coefficient (Wildman–Crippen LogP) is 3.37. The van der Waals surface area contributed by atoms with E-state index in [1.54, 1.807) is 7.11 Å². The van der Waals surface area contributed by atoms with Gasteiger partial charge in [0.15, 0.2) is 0 Å². The monoisotopic (exact) mass is 255 g/mol. The van der Waals surface area contributed by atoms with Gasteiger partial charge in [-0.15, -0.1) is 0 Å². The SMILES string of the molecule is COc1ccc([C@H](Cc2ccccc2)[C@H](C)N)cc1. The van der Waals surface area contributed by atoms with Crippen molar-refractivity contribution < 1.29 is 4.74 Å². The normalized spacial score (nSPS) is 13.8. The van der Waals surface area contributed by atoms with E-state index in [4.69, 9.17) is 10.5 Å². The van der Waals surface area contributed by atoms with Crippen LogP contribution in [0.25, 0.3) is 0 Å². The number of rotatable bonds is 5. The third-order valence-corrected chi connectivity index (χ3v) is 3.48. The zero-order chi connectivity index (χ0) is 13.7. The van der Waals surface area contributed by atoms with Crippen molar-refractivity contribution >= 4 is 0 Å². The largest absolute Gasteiger partial charge is 0.497 e. The molecular formula is C17H21NO. The lowest BCUT2D eigenvalue weighted by atomic mass is 9.87. The first-order chi connectivity index (χ1) is 9.20. The molecule has 0 saturated heterocycles. The summed E-state index contributed by atoms with van der Waals surface area (Å²) in [5.74, 6) is 1.21. The number of benzene rings is 2. The maximum absolute atomic E-state index is 6.16. The summed E-state index contributed by atoms with van der Waals surface area (Å²) in [5.41, 5.74) is 8.74. The van der Waals surface area contributed by atoms with Crippen LogP contribution in [0.3, 0.4) is 0 Å². The molecule has 19 heavy (non-hydrogen) atoms. The van der Waals surface area contributed by atoms with E-state index in [-0.39, 0.29) is 6.04 Å². The van der Waals surface area contributed by atoms with Gasteiger partial charge < -0.3 is 10.5 Å². The van der Waals surface area contributed by atoms with Crippen LogP contribution in [-0.2, 0) is 6.42 Å². The first kappa shape index (κ1) is 13.6. The van der Waals surface area contributed by atoms with Gasteiger partial charge >= 0.3 is 0 Å². The van der Waals surface area contributed by atoms with Gasteiger partial charge in [0.25, 0.3) is 0 Å². The van der Waals surface area contributed by atoms with Crippen LogP contribution in [0.4, 0.5) is 0 Å². The molecule has 2 aromatic rings. The number of hydrogen-bond donors (Lipinski definition) is 1. The summed E-state index contributed by atoms with van der Waals surface area (Å²) in [6, 6.07) is 18.8. The van der Waals surface area contributed by atoms with Crippen molar-refractivity contribution in [1.82, 2.24) is 0 Å². The first-order valence-corrected chi connectivity index (χ1v) is 6.64. The fourth-order valence-electron chi connectivity index (χ4n) is 2.33. The van der Waals surface area contributed by atoms with Crippen molar-refractivity contribution in [3.05, 3.63) is 65.7 Å². The molecule has 0 heterocycles. The van der Waals surface area contributed by atoms with Gasteiger partial charge in [-0.05, 0) is 36.6 Å². The zero-order valence-corrected chi connectivity index (χ0v) is 11.5. The van der Waals surface area contributed by atoms with Crippen molar-refractivity contribution in [3.63, 3.8) is 0 Å². The fraction of sp³-hybridized carbons (Fsp3) is 0.294. The van der Waals surface area contributed by atoms with Crippen LogP contribution in [0.2, 0.25) is 0 Å². The van der Waals surface area contributed by atoms with Crippen LogP contribution in [0.15, 0.2) is 54.6 Å². The minimum Gasteiger partial charge on any atom is -0.497 e. The summed E-state index contributed by atoms with van der Waals surface area (Å²) in [7, 11) is 1.68. The molecule has 0 aliphatic rings. The van der Waals surface area contributed by atoms with Crippen LogP contribution in [0.5, 0.6) is 5.75 Å². The highest BCUT2D eigenvalue weighted by molar-refractivity contribution is 5.31. The Morgan fingerprint density at radius 1 is 1.00 bits per heavy atom. The Morgan fingerprint density at radius 3 is 2.16 bits per heavy atom. The Labute approximate surface area is 115 Å². The summed E-state index contributed by atoms with van der Waals surface area (Å²) in [6.07, 6.45) is 0.963. The smallest absolute Gasteiger partial charge is 0.118 e. The molecule has 2 atom stereocenters. The Balaban J connectivity index is 2.19. The van der Waals surface area contributed by atoms with Gasteiger partial charge in [-0.2, -0.15) is 0 Å². The molecule has 0 bridgehead atoms. The maximum Gasteiger partial charge on any atom is 0.118 e. The van der Waals surface area contributed by atoms with Crippen LogP contribution >= 0.6 is 0 Å². The summed E-state index contributed by atoms with van der Waals surface area (Å²) in [4.78, 5) is 0. The third-order valence-electron chi connectivity index (χ3n) is 3.48. The zero-order valence-electron chi connectivity index (χ0n) is 11.5. The first-order valence-electron chi connectivity index (χ1n) is 6.64. The highest BCUT2D eigenvalue weighted by atomic mass is 16.5. The standard InChI is InChI=1S/C17H21NO/c1-13(18)17(12-14-6-4-3-5-7-14)15-8-10-16(19-2)11-9-15/h3-11,13,17H,12,18H2,1-2H3/t13-,17+/m0/s1. The van der Waals surface area contributed by atoms with Crippen LogP contribution < -0.4 is 10.5 Å². The molecule has 0 unspecified atom stereocenters. The summed E-state index contributed by atoms with van der Waals surface area (Å²) >= 11 is 0. The van der Waals surface area contributed by atoms with Crippen molar-refractivity contribution in [2.75, 3.05) is 7.11 Å². The average molecular weight is 255 g/mol. The molecule has 0 fully saturated rings. The lowest BCUT2D eigenvalue weighted by molar-refractivity contribution is 0.414. The molecule has 0 saturated carbocycles. The Hall–Kier alpha value is -1.80. The molecule has 0 radical (unpaired) electrons. The van der Waals surface area contributed by atoms with E-state index < -0.39 is 0 Å².